The van der Waals surface area contributed by atoms with Crippen molar-refractivity contribution in [2.45, 2.75) is 56.1 Å². The van der Waals surface area contributed by atoms with Gasteiger partial charge in [0.1, 0.15) is 6.61 Å². The van der Waals surface area contributed by atoms with Crippen LogP contribution in [0.4, 0.5) is 4.79 Å². The van der Waals surface area contributed by atoms with Gasteiger partial charge < -0.3 is 9.53 Å². The lowest BCUT2D eigenvalue weighted by molar-refractivity contribution is -0.176. The molecule has 172 valence electrons. The number of hydrogen-bond acceptors (Lipinski definition) is 8. The molecule has 0 unspecified atom stereocenters. The number of rotatable bonds is 8. The summed E-state index contributed by atoms with van der Waals surface area (Å²) in [4.78, 5) is 55.6. The number of hydroxylamine groups is 2. The number of aromatic nitrogens is 1. The molecule has 0 radical (unpaired) electrons. The lowest BCUT2D eigenvalue weighted by atomic mass is 9.99. The molecule has 0 aliphatic carbocycles. The van der Waals surface area contributed by atoms with Crippen LogP contribution in [0.2, 0.25) is 18.1 Å². The van der Waals surface area contributed by atoms with Gasteiger partial charge in [-0.2, -0.15) is 0 Å². The molecule has 1 aromatic carbocycles. The molecule has 3 rings (SSSR count). The zero-order valence-corrected chi connectivity index (χ0v) is 20.5. The monoisotopic (exact) mass is 476 g/mol. The highest BCUT2D eigenvalue weighted by Gasteiger charge is 2.38. The molecule has 0 atom stereocenters. The van der Waals surface area contributed by atoms with Crippen molar-refractivity contribution in [1.82, 2.24) is 10.0 Å². The van der Waals surface area contributed by atoms with E-state index in [4.69, 9.17) is 4.74 Å². The Morgan fingerprint density at radius 1 is 1.22 bits per heavy atom. The largest absolute Gasteiger partial charge is 0.533 e. The third-order valence-corrected chi connectivity index (χ3v) is 10.4. The van der Waals surface area contributed by atoms with Gasteiger partial charge in [0.25, 0.3) is 11.8 Å². The first-order chi connectivity index (χ1) is 15.0. The van der Waals surface area contributed by atoms with Gasteiger partial charge in [-0.1, -0.05) is 31.0 Å². The van der Waals surface area contributed by atoms with E-state index in [1.54, 1.807) is 6.20 Å². The van der Waals surface area contributed by atoms with Crippen LogP contribution in [0, 0.1) is 0 Å². The minimum Gasteiger partial charge on any atom is -0.432 e. The SMILES string of the molecule is CC(C)(Cc1ccc(SCCOC(=O)ON2C(=O)CCC2=O)c2cccnc12)[Si](C)(C)O. The zero-order chi connectivity index (χ0) is 23.5. The number of carbonyl (C=O) groups excluding carboxylic acids is 3. The molecule has 1 aliphatic heterocycles. The summed E-state index contributed by atoms with van der Waals surface area (Å²) in [6, 6.07) is 7.94. The van der Waals surface area contributed by atoms with E-state index in [1.165, 1.54) is 11.8 Å². The van der Waals surface area contributed by atoms with Crippen LogP contribution in [0.5, 0.6) is 0 Å². The smallest absolute Gasteiger partial charge is 0.432 e. The van der Waals surface area contributed by atoms with Crippen molar-refractivity contribution >= 4 is 49.0 Å². The fourth-order valence-electron chi connectivity index (χ4n) is 3.20. The zero-order valence-electron chi connectivity index (χ0n) is 18.7. The van der Waals surface area contributed by atoms with Crippen molar-refractivity contribution in [1.29, 1.82) is 0 Å². The Balaban J connectivity index is 1.62. The highest BCUT2D eigenvalue weighted by molar-refractivity contribution is 7.99. The minimum absolute atomic E-state index is 0.0360. The summed E-state index contributed by atoms with van der Waals surface area (Å²) in [5.41, 5.74) is 1.99. The number of ether oxygens (including phenoxy) is 1. The molecule has 2 heterocycles. The first-order valence-electron chi connectivity index (χ1n) is 10.4. The maximum absolute atomic E-state index is 11.7. The Morgan fingerprint density at radius 3 is 2.56 bits per heavy atom. The van der Waals surface area contributed by atoms with E-state index in [0.717, 1.165) is 27.8 Å². The number of benzene rings is 1. The average molecular weight is 477 g/mol. The number of hydrogen-bond donors (Lipinski definition) is 1. The van der Waals surface area contributed by atoms with Crippen LogP contribution >= 0.6 is 11.8 Å². The molecule has 1 fully saturated rings. The first kappa shape index (κ1) is 24.2. The van der Waals surface area contributed by atoms with E-state index < -0.39 is 26.3 Å². The predicted molar refractivity (Wildman–Crippen MR) is 123 cm³/mol. The molecule has 0 bridgehead atoms. The van der Waals surface area contributed by atoms with Gasteiger partial charge in [0, 0.05) is 35.1 Å². The fraction of sp³-hybridized carbons (Fsp3) is 0.455. The molecule has 2 aromatic rings. The molecular formula is C22H28N2O6SSi. The maximum atomic E-state index is 11.7. The van der Waals surface area contributed by atoms with Crippen molar-refractivity contribution in [3.05, 3.63) is 36.0 Å². The number of imide groups is 1. The molecule has 0 spiro atoms. The summed E-state index contributed by atoms with van der Waals surface area (Å²) in [7, 11) is -2.37. The van der Waals surface area contributed by atoms with Crippen LogP contribution in [0.1, 0.15) is 32.3 Å². The van der Waals surface area contributed by atoms with Crippen molar-refractivity contribution in [3.63, 3.8) is 0 Å². The van der Waals surface area contributed by atoms with Gasteiger partial charge in [0.15, 0.2) is 8.32 Å². The summed E-state index contributed by atoms with van der Waals surface area (Å²) < 4.78 is 4.99. The van der Waals surface area contributed by atoms with Crippen LogP contribution < -0.4 is 0 Å². The Bertz CT molecular complexity index is 1020. The van der Waals surface area contributed by atoms with Gasteiger partial charge in [0.2, 0.25) is 0 Å². The van der Waals surface area contributed by atoms with E-state index in [-0.39, 0.29) is 24.5 Å². The number of pyridine rings is 1. The molecule has 0 saturated carbocycles. The van der Waals surface area contributed by atoms with Gasteiger partial charge in [-0.3, -0.25) is 19.4 Å². The Kier molecular flexibility index (Phi) is 7.26. The van der Waals surface area contributed by atoms with E-state index >= 15 is 0 Å². The number of amides is 2. The molecule has 1 N–H and O–H groups in total. The second-order valence-electron chi connectivity index (χ2n) is 8.86. The van der Waals surface area contributed by atoms with Crippen molar-refractivity contribution in [2.75, 3.05) is 12.4 Å². The van der Waals surface area contributed by atoms with E-state index in [1.807, 2.05) is 37.4 Å². The molecule has 8 nitrogen and oxygen atoms in total. The predicted octanol–water partition coefficient (Wildman–Crippen LogP) is 4.06. The molecule has 1 aliphatic rings. The van der Waals surface area contributed by atoms with Crippen LogP contribution in [0.3, 0.4) is 0 Å². The normalized spacial score (nSPS) is 14.8. The summed E-state index contributed by atoms with van der Waals surface area (Å²) in [5.74, 6) is -0.630. The van der Waals surface area contributed by atoms with Crippen LogP contribution in [-0.2, 0) is 25.6 Å². The lowest BCUT2D eigenvalue weighted by Crippen LogP contribution is -2.40. The van der Waals surface area contributed by atoms with E-state index in [2.05, 4.69) is 23.7 Å². The average Bonchev–Trinajstić information content (AvgIpc) is 3.03. The lowest BCUT2D eigenvalue weighted by Gasteiger charge is -2.35. The van der Waals surface area contributed by atoms with Crippen LogP contribution in [-0.4, -0.2) is 53.5 Å². The topological polar surface area (TPSA) is 106 Å². The molecule has 1 saturated heterocycles. The minimum atomic E-state index is -2.37. The second kappa shape index (κ2) is 9.59. The second-order valence-corrected chi connectivity index (χ2v) is 14.5. The van der Waals surface area contributed by atoms with Gasteiger partial charge in [-0.25, -0.2) is 4.79 Å². The summed E-state index contributed by atoms with van der Waals surface area (Å²) in [6.07, 6.45) is 1.48. The number of nitrogens with zero attached hydrogens (tertiary/aromatic N) is 2. The Hall–Kier alpha value is -2.43. The molecule has 32 heavy (non-hydrogen) atoms. The number of fused-ring (bicyclic) bond motifs is 1. The third kappa shape index (κ3) is 5.48. The number of carbonyl (C=O) groups is 3. The molecule has 2 amide bonds. The summed E-state index contributed by atoms with van der Waals surface area (Å²) in [5, 5.41) is 1.25. The van der Waals surface area contributed by atoms with Gasteiger partial charge in [0.05, 0.1) is 5.52 Å². The van der Waals surface area contributed by atoms with Gasteiger partial charge in [-0.05, 0) is 42.2 Å². The highest BCUT2D eigenvalue weighted by atomic mass is 32.2. The van der Waals surface area contributed by atoms with E-state index in [9.17, 15) is 19.2 Å². The summed E-state index contributed by atoms with van der Waals surface area (Å²) in [6.45, 7) is 8.15. The summed E-state index contributed by atoms with van der Waals surface area (Å²) >= 11 is 1.51. The molecular weight excluding hydrogens is 448 g/mol. The van der Waals surface area contributed by atoms with Gasteiger partial charge in [-0.15, -0.1) is 11.8 Å². The Morgan fingerprint density at radius 2 is 1.91 bits per heavy atom. The molecule has 10 heteroatoms. The standard InChI is InChI=1S/C22H28N2O6SSi/c1-22(2,32(3,4)28)14-15-7-8-17(16-6-5-11-23-20(15)16)31-13-12-29-21(27)30-24-18(25)9-10-19(24)26/h5-8,11,28H,9-10,12-14H2,1-4H3. The Labute approximate surface area is 192 Å². The third-order valence-electron chi connectivity index (χ3n) is 5.83. The van der Waals surface area contributed by atoms with Crippen molar-refractivity contribution in [3.8, 4) is 0 Å². The van der Waals surface area contributed by atoms with Crippen LogP contribution in [0.15, 0.2) is 35.4 Å². The number of thioether (sulfide) groups is 1. The maximum Gasteiger partial charge on any atom is 0.533 e. The quantitative estimate of drug-likeness (QED) is 0.200. The fourth-order valence-corrected chi connectivity index (χ4v) is 4.70. The van der Waals surface area contributed by atoms with Crippen molar-refractivity contribution in [2.24, 2.45) is 0 Å². The van der Waals surface area contributed by atoms with Crippen molar-refractivity contribution < 1.29 is 28.8 Å². The van der Waals surface area contributed by atoms with E-state index in [0.29, 0.717) is 10.8 Å². The highest BCUT2D eigenvalue weighted by Crippen LogP contribution is 2.40. The van der Waals surface area contributed by atoms with Crippen LogP contribution in [0.25, 0.3) is 10.9 Å². The van der Waals surface area contributed by atoms with Gasteiger partial charge >= 0.3 is 6.16 Å². The first-order valence-corrected chi connectivity index (χ1v) is 14.4. The molecule has 1 aromatic heterocycles.